The van der Waals surface area contributed by atoms with E-state index in [0.717, 1.165) is 49.7 Å². The van der Waals surface area contributed by atoms with Crippen LogP contribution in [0.4, 0.5) is 5.82 Å². The topological polar surface area (TPSA) is 66.2 Å². The number of hydrogen-bond donors (Lipinski definition) is 2. The highest BCUT2D eigenvalue weighted by molar-refractivity contribution is 5.38. The summed E-state index contributed by atoms with van der Waals surface area (Å²) in [6.45, 7) is 7.73. The van der Waals surface area contributed by atoms with Crippen LogP contribution in [-0.2, 0) is 13.1 Å². The van der Waals surface area contributed by atoms with Gasteiger partial charge in [-0.3, -0.25) is 4.68 Å². The number of aliphatic hydroxyl groups is 1. The molecule has 1 aliphatic rings. The van der Waals surface area contributed by atoms with Crippen LogP contribution in [0.25, 0.3) is 0 Å². The second kappa shape index (κ2) is 7.77. The molecule has 0 aliphatic carbocycles. The highest BCUT2D eigenvalue weighted by atomic mass is 16.3. The summed E-state index contributed by atoms with van der Waals surface area (Å²) in [5.41, 5.74) is 3.47. The molecule has 0 bridgehead atoms. The van der Waals surface area contributed by atoms with E-state index in [1.165, 1.54) is 5.56 Å². The van der Waals surface area contributed by atoms with Crippen molar-refractivity contribution in [2.75, 3.05) is 24.6 Å². The van der Waals surface area contributed by atoms with Crippen molar-refractivity contribution in [1.29, 1.82) is 0 Å². The highest BCUT2D eigenvalue weighted by Crippen LogP contribution is 2.18. The molecule has 1 saturated heterocycles. The Bertz CT molecular complexity index is 647. The Hall–Kier alpha value is -1.92. The van der Waals surface area contributed by atoms with Crippen LogP contribution < -0.4 is 10.2 Å². The molecule has 6 heteroatoms. The highest BCUT2D eigenvalue weighted by Gasteiger charge is 2.20. The third-order valence-corrected chi connectivity index (χ3v) is 4.88. The van der Waals surface area contributed by atoms with Crippen molar-refractivity contribution in [2.24, 2.45) is 0 Å². The predicted molar refractivity (Wildman–Crippen MR) is 95.1 cm³/mol. The van der Waals surface area contributed by atoms with Crippen molar-refractivity contribution in [3.8, 4) is 0 Å². The van der Waals surface area contributed by atoms with Gasteiger partial charge in [-0.15, -0.1) is 0 Å². The maximum Gasteiger partial charge on any atom is 0.128 e. The van der Waals surface area contributed by atoms with E-state index in [1.54, 1.807) is 0 Å². The number of aromatic nitrogens is 3. The summed E-state index contributed by atoms with van der Waals surface area (Å²) in [6, 6.07) is 6.61. The number of piperidine rings is 1. The van der Waals surface area contributed by atoms with Gasteiger partial charge in [-0.05, 0) is 38.8 Å². The quantitative estimate of drug-likeness (QED) is 0.843. The normalized spacial score (nSPS) is 15.9. The number of pyridine rings is 1. The van der Waals surface area contributed by atoms with E-state index in [9.17, 15) is 0 Å². The van der Waals surface area contributed by atoms with Crippen LogP contribution in [0.15, 0.2) is 24.4 Å². The molecule has 3 rings (SSSR count). The van der Waals surface area contributed by atoms with Crippen molar-refractivity contribution in [1.82, 2.24) is 20.1 Å². The first-order valence-corrected chi connectivity index (χ1v) is 8.72. The Morgan fingerprint density at radius 3 is 2.71 bits per heavy atom. The van der Waals surface area contributed by atoms with Gasteiger partial charge in [-0.1, -0.05) is 6.07 Å². The van der Waals surface area contributed by atoms with Gasteiger partial charge in [0.05, 0.1) is 18.8 Å². The summed E-state index contributed by atoms with van der Waals surface area (Å²) in [7, 11) is 0. The summed E-state index contributed by atoms with van der Waals surface area (Å²) in [4.78, 5) is 6.79. The van der Waals surface area contributed by atoms with Gasteiger partial charge in [-0.25, -0.2) is 4.98 Å². The van der Waals surface area contributed by atoms with Crippen LogP contribution in [-0.4, -0.2) is 45.6 Å². The zero-order valence-electron chi connectivity index (χ0n) is 14.6. The summed E-state index contributed by atoms with van der Waals surface area (Å²) < 4.78 is 1.90. The molecule has 0 aromatic carbocycles. The number of aryl methyl sites for hydroxylation is 1. The summed E-state index contributed by atoms with van der Waals surface area (Å²) in [5.74, 6) is 1.08. The minimum Gasteiger partial charge on any atom is -0.394 e. The maximum atomic E-state index is 9.11. The van der Waals surface area contributed by atoms with Gasteiger partial charge < -0.3 is 15.3 Å². The molecule has 0 atom stereocenters. The minimum absolute atomic E-state index is 0.126. The van der Waals surface area contributed by atoms with Crippen molar-refractivity contribution in [3.05, 3.63) is 41.3 Å². The van der Waals surface area contributed by atoms with Crippen molar-refractivity contribution in [2.45, 2.75) is 45.8 Å². The van der Waals surface area contributed by atoms with E-state index in [1.807, 2.05) is 29.9 Å². The number of anilines is 1. The number of hydrogen-bond acceptors (Lipinski definition) is 5. The Kier molecular flexibility index (Phi) is 5.48. The van der Waals surface area contributed by atoms with Gasteiger partial charge in [0.25, 0.3) is 0 Å². The molecule has 0 saturated carbocycles. The SMILES string of the molecule is Cc1nn(CCO)c(C)c1CNC1CCN(c2ccccn2)CC1. The maximum absolute atomic E-state index is 9.11. The van der Waals surface area contributed by atoms with Crippen molar-refractivity contribution >= 4 is 5.82 Å². The number of rotatable bonds is 6. The summed E-state index contributed by atoms with van der Waals surface area (Å²) in [6.07, 6.45) is 4.11. The van der Waals surface area contributed by atoms with Gasteiger partial charge in [0.15, 0.2) is 0 Å². The molecule has 2 N–H and O–H groups in total. The zero-order valence-corrected chi connectivity index (χ0v) is 14.6. The molecule has 2 aromatic rings. The second-order valence-corrected chi connectivity index (χ2v) is 6.43. The lowest BCUT2D eigenvalue weighted by Crippen LogP contribution is -2.42. The molecule has 3 heterocycles. The van der Waals surface area contributed by atoms with Gasteiger partial charge in [0.2, 0.25) is 0 Å². The largest absolute Gasteiger partial charge is 0.394 e. The smallest absolute Gasteiger partial charge is 0.128 e. The molecular weight excluding hydrogens is 302 g/mol. The van der Waals surface area contributed by atoms with Gasteiger partial charge >= 0.3 is 0 Å². The monoisotopic (exact) mass is 329 g/mol. The lowest BCUT2D eigenvalue weighted by Gasteiger charge is -2.33. The Balaban J connectivity index is 1.52. The van der Waals surface area contributed by atoms with E-state index in [-0.39, 0.29) is 6.61 Å². The van der Waals surface area contributed by atoms with Crippen LogP contribution in [0.3, 0.4) is 0 Å². The van der Waals surface area contributed by atoms with E-state index in [4.69, 9.17) is 5.11 Å². The Morgan fingerprint density at radius 1 is 1.25 bits per heavy atom. The average molecular weight is 329 g/mol. The first-order valence-electron chi connectivity index (χ1n) is 8.72. The third kappa shape index (κ3) is 3.76. The molecule has 130 valence electrons. The van der Waals surface area contributed by atoms with Gasteiger partial charge in [0.1, 0.15) is 5.82 Å². The number of aliphatic hydroxyl groups excluding tert-OH is 1. The molecule has 1 fully saturated rings. The van der Waals surface area contributed by atoms with E-state index >= 15 is 0 Å². The second-order valence-electron chi connectivity index (χ2n) is 6.43. The lowest BCUT2D eigenvalue weighted by atomic mass is 10.0. The molecule has 0 amide bonds. The molecule has 2 aromatic heterocycles. The zero-order chi connectivity index (χ0) is 16.9. The Labute approximate surface area is 143 Å². The molecule has 0 unspecified atom stereocenters. The molecule has 24 heavy (non-hydrogen) atoms. The van der Waals surface area contributed by atoms with Crippen LogP contribution >= 0.6 is 0 Å². The minimum atomic E-state index is 0.126. The number of nitrogens with one attached hydrogen (secondary N) is 1. The Morgan fingerprint density at radius 2 is 2.04 bits per heavy atom. The standard InChI is InChI=1S/C18H27N5O/c1-14-17(15(2)23(21-14)11-12-24)13-20-16-6-9-22(10-7-16)18-5-3-4-8-19-18/h3-5,8,16,20,24H,6-7,9-13H2,1-2H3. The molecule has 0 radical (unpaired) electrons. The van der Waals surface area contributed by atoms with Gasteiger partial charge in [0, 0.05) is 43.1 Å². The van der Waals surface area contributed by atoms with E-state index < -0.39 is 0 Å². The van der Waals surface area contributed by atoms with Crippen molar-refractivity contribution in [3.63, 3.8) is 0 Å². The third-order valence-electron chi connectivity index (χ3n) is 4.88. The fraction of sp³-hybridized carbons (Fsp3) is 0.556. The predicted octanol–water partition coefficient (Wildman–Crippen LogP) is 1.65. The molecule has 0 spiro atoms. The van der Waals surface area contributed by atoms with Crippen LogP contribution in [0.1, 0.15) is 29.8 Å². The molecule has 6 nitrogen and oxygen atoms in total. The van der Waals surface area contributed by atoms with Gasteiger partial charge in [-0.2, -0.15) is 5.10 Å². The first-order chi connectivity index (χ1) is 11.7. The molecule has 1 aliphatic heterocycles. The van der Waals surface area contributed by atoms with E-state index in [0.29, 0.717) is 12.6 Å². The summed E-state index contributed by atoms with van der Waals surface area (Å²) in [5, 5.41) is 17.3. The fourth-order valence-electron chi connectivity index (χ4n) is 3.40. The average Bonchev–Trinajstić information content (AvgIpc) is 2.88. The van der Waals surface area contributed by atoms with Crippen molar-refractivity contribution < 1.29 is 5.11 Å². The first kappa shape index (κ1) is 16.9. The lowest BCUT2D eigenvalue weighted by molar-refractivity contribution is 0.267. The van der Waals surface area contributed by atoms with Crippen LogP contribution in [0, 0.1) is 13.8 Å². The summed E-state index contributed by atoms with van der Waals surface area (Å²) >= 11 is 0. The number of nitrogens with zero attached hydrogens (tertiary/aromatic N) is 4. The molecular formula is C18H27N5O. The van der Waals surface area contributed by atoms with Crippen LogP contribution in [0.2, 0.25) is 0 Å². The van der Waals surface area contributed by atoms with Crippen LogP contribution in [0.5, 0.6) is 0 Å². The fourth-order valence-corrected chi connectivity index (χ4v) is 3.40. The van der Waals surface area contributed by atoms with E-state index in [2.05, 4.69) is 33.3 Å².